The summed E-state index contributed by atoms with van der Waals surface area (Å²) >= 11 is 0. The van der Waals surface area contributed by atoms with Gasteiger partial charge in [0.2, 0.25) is 0 Å². The van der Waals surface area contributed by atoms with Crippen molar-refractivity contribution in [3.05, 3.63) is 65.7 Å². The van der Waals surface area contributed by atoms with Gasteiger partial charge in [-0.05, 0) is 42.5 Å². The van der Waals surface area contributed by atoms with Crippen molar-refractivity contribution in [2.24, 2.45) is 0 Å². The van der Waals surface area contributed by atoms with E-state index in [1.807, 2.05) is 42.5 Å². The quantitative estimate of drug-likeness (QED) is 0.497. The highest BCUT2D eigenvalue weighted by molar-refractivity contribution is 5.72. The highest BCUT2D eigenvalue weighted by Gasteiger charge is 2.29. The van der Waals surface area contributed by atoms with Crippen LogP contribution in [0.2, 0.25) is 0 Å². The van der Waals surface area contributed by atoms with Crippen LogP contribution in [-0.2, 0) is 20.9 Å². The van der Waals surface area contributed by atoms with Crippen molar-refractivity contribution in [1.82, 2.24) is 0 Å². The molecule has 4 heteroatoms. The lowest BCUT2D eigenvalue weighted by Crippen LogP contribution is -2.28. The molecule has 1 saturated carbocycles. The summed E-state index contributed by atoms with van der Waals surface area (Å²) in [4.78, 5) is 22.4. The van der Waals surface area contributed by atoms with Crippen LogP contribution in [0.1, 0.15) is 55.6 Å². The molecule has 1 fully saturated rings. The zero-order valence-electron chi connectivity index (χ0n) is 15.5. The minimum atomic E-state index is -0.276. The van der Waals surface area contributed by atoms with E-state index in [1.54, 1.807) is 0 Å². The summed E-state index contributed by atoms with van der Waals surface area (Å²) in [6.07, 6.45) is 5.14. The molecule has 0 N–H and O–H groups in total. The molecule has 2 atom stereocenters. The number of carbonyl (C=O) groups is 2. The van der Waals surface area contributed by atoms with E-state index in [4.69, 9.17) is 9.47 Å². The van der Waals surface area contributed by atoms with Crippen LogP contribution in [0.3, 0.4) is 0 Å². The third-order valence-electron chi connectivity index (χ3n) is 5.01. The first-order valence-corrected chi connectivity index (χ1v) is 9.66. The van der Waals surface area contributed by atoms with Crippen molar-refractivity contribution in [3.8, 4) is 5.75 Å². The van der Waals surface area contributed by atoms with Crippen molar-refractivity contribution in [2.75, 3.05) is 0 Å². The maximum Gasteiger partial charge on any atom is 0.306 e. The Hall–Kier alpha value is -2.62. The van der Waals surface area contributed by atoms with E-state index in [-0.39, 0.29) is 30.8 Å². The zero-order chi connectivity index (χ0) is 18.9. The standard InChI is InChI=1S/C23H26O4/c24-16-6-11-23(25)27-22-10-5-4-9-21(22)19-12-14-20(15-13-19)26-17-18-7-2-1-3-8-18/h1-3,7-8,12-16,21-22H,4-6,9-11,17H2. The van der Waals surface area contributed by atoms with Crippen molar-refractivity contribution in [2.45, 2.75) is 57.2 Å². The Labute approximate surface area is 160 Å². The lowest BCUT2D eigenvalue weighted by atomic mass is 9.81. The van der Waals surface area contributed by atoms with Gasteiger partial charge < -0.3 is 14.3 Å². The summed E-state index contributed by atoms with van der Waals surface area (Å²) in [6.45, 7) is 0.542. The number of ether oxygens (including phenoxy) is 2. The Kier molecular flexibility index (Phi) is 7.03. The fraction of sp³-hybridized carbons (Fsp3) is 0.391. The highest BCUT2D eigenvalue weighted by atomic mass is 16.5. The number of carbonyl (C=O) groups excluding carboxylic acids is 2. The van der Waals surface area contributed by atoms with E-state index in [0.29, 0.717) is 6.61 Å². The van der Waals surface area contributed by atoms with Gasteiger partial charge in [-0.15, -0.1) is 0 Å². The van der Waals surface area contributed by atoms with Gasteiger partial charge in [-0.2, -0.15) is 0 Å². The summed E-state index contributed by atoms with van der Waals surface area (Å²) in [7, 11) is 0. The fourth-order valence-electron chi connectivity index (χ4n) is 3.58. The molecule has 0 aromatic heterocycles. The van der Waals surface area contributed by atoms with Crippen LogP contribution in [0.25, 0.3) is 0 Å². The molecule has 0 spiro atoms. The Morgan fingerprint density at radius 3 is 2.48 bits per heavy atom. The second-order valence-electron chi connectivity index (χ2n) is 6.97. The van der Waals surface area contributed by atoms with E-state index in [1.165, 1.54) is 5.56 Å². The molecule has 4 nitrogen and oxygen atoms in total. The maximum atomic E-state index is 11.9. The first-order valence-electron chi connectivity index (χ1n) is 9.66. The Morgan fingerprint density at radius 2 is 1.74 bits per heavy atom. The number of rotatable bonds is 8. The van der Waals surface area contributed by atoms with Gasteiger partial charge in [0.1, 0.15) is 24.7 Å². The van der Waals surface area contributed by atoms with Gasteiger partial charge >= 0.3 is 5.97 Å². The molecule has 0 radical (unpaired) electrons. The summed E-state index contributed by atoms with van der Waals surface area (Å²) in [5.74, 6) is 0.766. The predicted octanol–water partition coefficient (Wildman–Crippen LogP) is 4.81. The van der Waals surface area contributed by atoms with E-state index in [9.17, 15) is 9.59 Å². The maximum absolute atomic E-state index is 11.9. The molecular weight excluding hydrogens is 340 g/mol. The van der Waals surface area contributed by atoms with Gasteiger partial charge in [-0.25, -0.2) is 0 Å². The van der Waals surface area contributed by atoms with Crippen LogP contribution in [0.4, 0.5) is 0 Å². The minimum Gasteiger partial charge on any atom is -0.489 e. The number of hydrogen-bond donors (Lipinski definition) is 0. The number of aldehydes is 1. The van der Waals surface area contributed by atoms with E-state index in [0.717, 1.165) is 43.3 Å². The molecule has 27 heavy (non-hydrogen) atoms. The molecule has 2 unspecified atom stereocenters. The van der Waals surface area contributed by atoms with Crippen LogP contribution < -0.4 is 4.74 Å². The Morgan fingerprint density at radius 1 is 1.00 bits per heavy atom. The lowest BCUT2D eigenvalue weighted by molar-refractivity contribution is -0.152. The minimum absolute atomic E-state index is 0.103. The average molecular weight is 366 g/mol. The van der Waals surface area contributed by atoms with Gasteiger partial charge in [0.05, 0.1) is 6.42 Å². The van der Waals surface area contributed by atoms with E-state index >= 15 is 0 Å². The second kappa shape index (κ2) is 9.91. The fourth-order valence-corrected chi connectivity index (χ4v) is 3.58. The highest BCUT2D eigenvalue weighted by Crippen LogP contribution is 2.36. The van der Waals surface area contributed by atoms with Gasteiger partial charge in [-0.3, -0.25) is 4.79 Å². The normalized spacial score (nSPS) is 19.3. The molecule has 3 rings (SSSR count). The summed E-state index contributed by atoms with van der Waals surface area (Å²) in [5.41, 5.74) is 2.31. The molecule has 0 bridgehead atoms. The Bertz CT molecular complexity index is 724. The van der Waals surface area contributed by atoms with Gasteiger partial charge in [0.15, 0.2) is 0 Å². The molecule has 2 aromatic rings. The van der Waals surface area contributed by atoms with Crippen molar-refractivity contribution < 1.29 is 19.1 Å². The monoisotopic (exact) mass is 366 g/mol. The third-order valence-corrected chi connectivity index (χ3v) is 5.01. The summed E-state index contributed by atoms with van der Waals surface area (Å²) in [5, 5.41) is 0. The first-order chi connectivity index (χ1) is 13.3. The largest absolute Gasteiger partial charge is 0.489 e. The molecule has 1 aliphatic carbocycles. The van der Waals surface area contributed by atoms with Crippen LogP contribution in [0, 0.1) is 0 Å². The molecule has 1 aliphatic rings. The average Bonchev–Trinajstić information content (AvgIpc) is 2.72. The SMILES string of the molecule is O=CCCC(=O)OC1CCCCC1c1ccc(OCc2ccccc2)cc1. The number of benzene rings is 2. The van der Waals surface area contributed by atoms with Gasteiger partial charge in [-0.1, -0.05) is 48.9 Å². The lowest BCUT2D eigenvalue weighted by Gasteiger charge is -2.31. The molecule has 0 aliphatic heterocycles. The molecule has 0 saturated heterocycles. The number of hydrogen-bond acceptors (Lipinski definition) is 4. The zero-order valence-corrected chi connectivity index (χ0v) is 15.5. The van der Waals surface area contributed by atoms with Gasteiger partial charge in [0, 0.05) is 12.3 Å². The molecule has 0 heterocycles. The molecular formula is C23H26O4. The van der Waals surface area contributed by atoms with E-state index in [2.05, 4.69) is 12.1 Å². The molecule has 142 valence electrons. The molecule has 2 aromatic carbocycles. The van der Waals surface area contributed by atoms with Crippen LogP contribution in [0.5, 0.6) is 5.75 Å². The van der Waals surface area contributed by atoms with Gasteiger partial charge in [0.25, 0.3) is 0 Å². The summed E-state index contributed by atoms with van der Waals surface area (Å²) in [6, 6.07) is 18.2. The topological polar surface area (TPSA) is 52.6 Å². The van der Waals surface area contributed by atoms with Crippen LogP contribution in [-0.4, -0.2) is 18.4 Å². The summed E-state index contributed by atoms with van der Waals surface area (Å²) < 4.78 is 11.5. The van der Waals surface area contributed by atoms with Crippen molar-refractivity contribution >= 4 is 12.3 Å². The first kappa shape index (κ1) is 19.2. The van der Waals surface area contributed by atoms with Crippen molar-refractivity contribution in [1.29, 1.82) is 0 Å². The molecule has 0 amide bonds. The third kappa shape index (κ3) is 5.68. The predicted molar refractivity (Wildman–Crippen MR) is 104 cm³/mol. The smallest absolute Gasteiger partial charge is 0.306 e. The second-order valence-corrected chi connectivity index (χ2v) is 6.97. The number of esters is 1. The Balaban J connectivity index is 1.59. The van der Waals surface area contributed by atoms with Crippen molar-refractivity contribution in [3.63, 3.8) is 0 Å². The van der Waals surface area contributed by atoms with Crippen LogP contribution >= 0.6 is 0 Å². The van der Waals surface area contributed by atoms with Crippen LogP contribution in [0.15, 0.2) is 54.6 Å². The van der Waals surface area contributed by atoms with E-state index < -0.39 is 0 Å².